The van der Waals surface area contributed by atoms with E-state index >= 15 is 0 Å². The van der Waals surface area contributed by atoms with E-state index in [1.54, 1.807) is 0 Å². The van der Waals surface area contributed by atoms with Gasteiger partial charge in [-0.15, -0.1) is 0 Å². The summed E-state index contributed by atoms with van der Waals surface area (Å²) in [5.74, 6) is 1.16. The van der Waals surface area contributed by atoms with Gasteiger partial charge in [0.1, 0.15) is 5.78 Å². The molecule has 2 heteroatoms. The van der Waals surface area contributed by atoms with Crippen LogP contribution in [0.4, 0.5) is 0 Å². The minimum absolute atomic E-state index is 0.401. The van der Waals surface area contributed by atoms with Crippen LogP contribution in [0.5, 0.6) is 0 Å². The molecule has 2 aliphatic rings. The van der Waals surface area contributed by atoms with Gasteiger partial charge in [-0.25, -0.2) is 0 Å². The summed E-state index contributed by atoms with van der Waals surface area (Å²) in [6.45, 7) is 8.97. The zero-order valence-corrected chi connectivity index (χ0v) is 10.3. The Kier molecular flexibility index (Phi) is 2.89. The molecule has 0 spiro atoms. The van der Waals surface area contributed by atoms with Gasteiger partial charge in [0.2, 0.25) is 0 Å². The second-order valence-electron chi connectivity index (χ2n) is 6.14. The Labute approximate surface area is 93.0 Å². The lowest BCUT2D eigenvalue weighted by Gasteiger charge is -2.42. The van der Waals surface area contributed by atoms with Crippen molar-refractivity contribution in [2.75, 3.05) is 13.1 Å². The maximum atomic E-state index is 11.8. The molecule has 2 rings (SSSR count). The first-order valence-electron chi connectivity index (χ1n) is 6.24. The summed E-state index contributed by atoms with van der Waals surface area (Å²) in [6.07, 6.45) is 4.20. The predicted molar refractivity (Wildman–Crippen MR) is 61.8 cm³/mol. The van der Waals surface area contributed by atoms with Crippen LogP contribution in [0.25, 0.3) is 0 Å². The second kappa shape index (κ2) is 3.89. The first-order chi connectivity index (χ1) is 6.98. The summed E-state index contributed by atoms with van der Waals surface area (Å²) in [5, 5.41) is 0. The molecule has 0 N–H and O–H groups in total. The van der Waals surface area contributed by atoms with Crippen LogP contribution >= 0.6 is 0 Å². The van der Waals surface area contributed by atoms with Crippen LogP contribution in [0, 0.1) is 11.3 Å². The molecule has 1 saturated carbocycles. The SMILES string of the molecule is CC(C)N1CC(CC(=O)CC2(C)CC2)C1. The maximum Gasteiger partial charge on any atom is 0.133 e. The zero-order valence-electron chi connectivity index (χ0n) is 10.3. The fourth-order valence-corrected chi connectivity index (χ4v) is 2.42. The van der Waals surface area contributed by atoms with Crippen LogP contribution in [0.3, 0.4) is 0 Å². The Morgan fingerprint density at radius 3 is 2.47 bits per heavy atom. The third-order valence-electron chi connectivity index (χ3n) is 3.96. The highest BCUT2D eigenvalue weighted by molar-refractivity contribution is 5.79. The van der Waals surface area contributed by atoms with Crippen molar-refractivity contribution in [3.63, 3.8) is 0 Å². The quantitative estimate of drug-likeness (QED) is 0.693. The fraction of sp³-hybridized carbons (Fsp3) is 0.923. The Bertz CT molecular complexity index is 249. The monoisotopic (exact) mass is 209 g/mol. The lowest BCUT2D eigenvalue weighted by molar-refractivity contribution is -0.122. The lowest BCUT2D eigenvalue weighted by atomic mass is 9.89. The molecule has 1 aliphatic heterocycles. The van der Waals surface area contributed by atoms with Crippen molar-refractivity contribution >= 4 is 5.78 Å². The summed E-state index contributed by atoms with van der Waals surface area (Å²) in [5.41, 5.74) is 0.401. The molecule has 0 aromatic rings. The standard InChI is InChI=1S/C13H23NO/c1-10(2)14-8-11(9-14)6-12(15)7-13(3)4-5-13/h10-11H,4-9H2,1-3H3. The predicted octanol–water partition coefficient (Wildman–Crippen LogP) is 2.48. The van der Waals surface area contributed by atoms with Gasteiger partial charge in [0.25, 0.3) is 0 Å². The third kappa shape index (κ3) is 2.81. The first-order valence-corrected chi connectivity index (χ1v) is 6.24. The molecule has 0 radical (unpaired) electrons. The summed E-state index contributed by atoms with van der Waals surface area (Å²) < 4.78 is 0. The van der Waals surface area contributed by atoms with E-state index in [-0.39, 0.29) is 0 Å². The molecule has 0 amide bonds. The van der Waals surface area contributed by atoms with E-state index in [2.05, 4.69) is 25.7 Å². The van der Waals surface area contributed by atoms with Gasteiger partial charge in [0.15, 0.2) is 0 Å². The van der Waals surface area contributed by atoms with E-state index in [9.17, 15) is 4.79 Å². The van der Waals surface area contributed by atoms with Crippen LogP contribution < -0.4 is 0 Å². The lowest BCUT2D eigenvalue weighted by Crippen LogP contribution is -2.50. The number of rotatable bonds is 5. The summed E-state index contributed by atoms with van der Waals surface area (Å²) in [7, 11) is 0. The van der Waals surface area contributed by atoms with Gasteiger partial charge in [-0.3, -0.25) is 4.79 Å². The minimum atomic E-state index is 0.401. The molecule has 1 saturated heterocycles. The number of carbonyl (C=O) groups is 1. The molecule has 0 aromatic heterocycles. The smallest absolute Gasteiger partial charge is 0.133 e. The highest BCUT2D eigenvalue weighted by atomic mass is 16.1. The van der Waals surface area contributed by atoms with E-state index < -0.39 is 0 Å². The number of likely N-dealkylation sites (tertiary alicyclic amines) is 1. The number of ketones is 1. The average molecular weight is 209 g/mol. The molecule has 0 atom stereocenters. The van der Waals surface area contributed by atoms with Crippen LogP contribution in [-0.2, 0) is 4.79 Å². The van der Waals surface area contributed by atoms with Gasteiger partial charge in [-0.1, -0.05) is 6.92 Å². The Balaban J connectivity index is 1.64. The molecule has 0 aromatic carbocycles. The van der Waals surface area contributed by atoms with E-state index in [1.807, 2.05) is 0 Å². The van der Waals surface area contributed by atoms with Gasteiger partial charge < -0.3 is 4.90 Å². The molecule has 0 unspecified atom stereocenters. The molecule has 2 nitrogen and oxygen atoms in total. The Morgan fingerprint density at radius 1 is 1.40 bits per heavy atom. The number of hydrogen-bond acceptors (Lipinski definition) is 2. The summed E-state index contributed by atoms with van der Waals surface area (Å²) in [4.78, 5) is 14.2. The van der Waals surface area contributed by atoms with E-state index in [1.165, 1.54) is 12.8 Å². The molecule has 2 fully saturated rings. The molecular formula is C13H23NO. The average Bonchev–Trinajstić information content (AvgIpc) is 2.74. The van der Waals surface area contributed by atoms with Crippen molar-refractivity contribution in [2.24, 2.45) is 11.3 Å². The Morgan fingerprint density at radius 2 is 2.00 bits per heavy atom. The van der Waals surface area contributed by atoms with Crippen molar-refractivity contribution in [3.05, 3.63) is 0 Å². The van der Waals surface area contributed by atoms with Gasteiger partial charge in [-0.05, 0) is 38.0 Å². The first kappa shape index (κ1) is 11.1. The number of Topliss-reactive ketones (excluding diaryl/α,β-unsaturated/α-hetero) is 1. The van der Waals surface area contributed by atoms with E-state index in [0.717, 1.165) is 25.9 Å². The number of carbonyl (C=O) groups excluding carboxylic acids is 1. The topological polar surface area (TPSA) is 20.3 Å². The van der Waals surface area contributed by atoms with Crippen LogP contribution in [0.1, 0.15) is 46.5 Å². The largest absolute Gasteiger partial charge is 0.300 e. The second-order valence-corrected chi connectivity index (χ2v) is 6.14. The van der Waals surface area contributed by atoms with E-state index in [0.29, 0.717) is 23.2 Å². The number of nitrogens with zero attached hydrogens (tertiary/aromatic N) is 1. The molecule has 15 heavy (non-hydrogen) atoms. The highest BCUT2D eigenvalue weighted by Gasteiger charge is 2.40. The Hall–Kier alpha value is -0.370. The summed E-state index contributed by atoms with van der Waals surface area (Å²) in [6, 6.07) is 0.650. The summed E-state index contributed by atoms with van der Waals surface area (Å²) >= 11 is 0. The van der Waals surface area contributed by atoms with Crippen molar-refractivity contribution < 1.29 is 4.79 Å². The van der Waals surface area contributed by atoms with Crippen LogP contribution in [0.2, 0.25) is 0 Å². The van der Waals surface area contributed by atoms with E-state index in [4.69, 9.17) is 0 Å². The number of hydrogen-bond donors (Lipinski definition) is 0. The zero-order chi connectivity index (χ0) is 11.1. The van der Waals surface area contributed by atoms with Crippen molar-refractivity contribution in [1.82, 2.24) is 4.90 Å². The third-order valence-corrected chi connectivity index (χ3v) is 3.96. The molecule has 1 heterocycles. The van der Waals surface area contributed by atoms with Gasteiger partial charge in [-0.2, -0.15) is 0 Å². The molecule has 86 valence electrons. The van der Waals surface area contributed by atoms with Crippen LogP contribution in [0.15, 0.2) is 0 Å². The van der Waals surface area contributed by atoms with Crippen molar-refractivity contribution in [1.29, 1.82) is 0 Å². The highest BCUT2D eigenvalue weighted by Crippen LogP contribution is 2.48. The molecule has 1 aliphatic carbocycles. The van der Waals surface area contributed by atoms with Gasteiger partial charge in [0.05, 0.1) is 0 Å². The molecule has 0 bridgehead atoms. The van der Waals surface area contributed by atoms with Gasteiger partial charge >= 0.3 is 0 Å². The fourth-order valence-electron chi connectivity index (χ4n) is 2.42. The molecular weight excluding hydrogens is 186 g/mol. The minimum Gasteiger partial charge on any atom is -0.300 e. The van der Waals surface area contributed by atoms with Crippen LogP contribution in [-0.4, -0.2) is 29.8 Å². The van der Waals surface area contributed by atoms with Crippen molar-refractivity contribution in [2.45, 2.75) is 52.5 Å². The van der Waals surface area contributed by atoms with Crippen molar-refractivity contribution in [3.8, 4) is 0 Å². The maximum absolute atomic E-state index is 11.8. The van der Waals surface area contributed by atoms with Gasteiger partial charge in [0, 0.05) is 32.0 Å². The normalized spacial score (nSPS) is 25.3.